The van der Waals surface area contributed by atoms with Crippen molar-refractivity contribution in [1.82, 2.24) is 10.2 Å². The molecule has 1 atom stereocenters. The van der Waals surface area contributed by atoms with Crippen molar-refractivity contribution in [3.63, 3.8) is 0 Å². The highest BCUT2D eigenvalue weighted by Crippen LogP contribution is 2.27. The van der Waals surface area contributed by atoms with Crippen LogP contribution in [0.1, 0.15) is 33.3 Å². The van der Waals surface area contributed by atoms with Gasteiger partial charge in [0.05, 0.1) is 10.6 Å². The highest BCUT2D eigenvalue weighted by molar-refractivity contribution is 9.10. The van der Waals surface area contributed by atoms with E-state index in [4.69, 9.17) is 0 Å². The van der Waals surface area contributed by atoms with Gasteiger partial charge in [0.2, 0.25) is 11.8 Å². The Morgan fingerprint density at radius 3 is 2.11 bits per heavy atom. The standard InChI is InChI=1S/C28H31BrFN3O4S/c1-20(27(35)31-28(2,3)4)32(18-21-14-16-22(29)17-15-21)26(34)19-33(25-13-9-8-12-24(25)30)38(36,37)23-10-6-5-7-11-23/h5-17,20H,18-19H2,1-4H3,(H,31,35)/t20-/m0/s1. The van der Waals surface area contributed by atoms with Gasteiger partial charge in [-0.05, 0) is 69.7 Å². The number of anilines is 1. The molecule has 0 heterocycles. The second kappa shape index (κ2) is 12.1. The van der Waals surface area contributed by atoms with Crippen LogP contribution in [0.15, 0.2) is 88.2 Å². The van der Waals surface area contributed by atoms with E-state index in [1.807, 2.05) is 32.9 Å². The summed E-state index contributed by atoms with van der Waals surface area (Å²) in [6.07, 6.45) is 0. The van der Waals surface area contributed by atoms with Crippen molar-refractivity contribution in [2.24, 2.45) is 0 Å². The molecule has 0 aliphatic heterocycles. The van der Waals surface area contributed by atoms with Crippen LogP contribution in [-0.4, -0.2) is 43.3 Å². The number of hydrogen-bond donors (Lipinski definition) is 1. The molecule has 0 aromatic heterocycles. The molecule has 38 heavy (non-hydrogen) atoms. The van der Waals surface area contributed by atoms with Crippen LogP contribution >= 0.6 is 15.9 Å². The smallest absolute Gasteiger partial charge is 0.264 e. The van der Waals surface area contributed by atoms with Crippen molar-refractivity contribution in [3.05, 3.63) is 94.7 Å². The number of para-hydroxylation sites is 1. The van der Waals surface area contributed by atoms with Gasteiger partial charge in [0.1, 0.15) is 18.4 Å². The summed E-state index contributed by atoms with van der Waals surface area (Å²) in [7, 11) is -4.32. The summed E-state index contributed by atoms with van der Waals surface area (Å²) in [6, 6.07) is 19.2. The molecule has 0 aliphatic carbocycles. The van der Waals surface area contributed by atoms with Gasteiger partial charge in [-0.25, -0.2) is 12.8 Å². The Morgan fingerprint density at radius 2 is 1.53 bits per heavy atom. The second-order valence-electron chi connectivity index (χ2n) is 9.84. The van der Waals surface area contributed by atoms with Crippen LogP contribution < -0.4 is 9.62 Å². The largest absolute Gasteiger partial charge is 0.350 e. The highest BCUT2D eigenvalue weighted by Gasteiger charge is 2.34. The SMILES string of the molecule is C[C@@H](C(=O)NC(C)(C)C)N(Cc1ccc(Br)cc1)C(=O)CN(c1ccccc1F)S(=O)(=O)c1ccccc1. The summed E-state index contributed by atoms with van der Waals surface area (Å²) >= 11 is 3.38. The van der Waals surface area contributed by atoms with Crippen molar-refractivity contribution in [3.8, 4) is 0 Å². The topological polar surface area (TPSA) is 86.8 Å². The summed E-state index contributed by atoms with van der Waals surface area (Å²) in [6.45, 7) is 6.39. The molecule has 0 bridgehead atoms. The molecule has 0 aliphatic rings. The lowest BCUT2D eigenvalue weighted by atomic mass is 10.1. The minimum Gasteiger partial charge on any atom is -0.350 e. The zero-order valence-corrected chi connectivity index (χ0v) is 24.1. The van der Waals surface area contributed by atoms with Gasteiger partial charge in [-0.3, -0.25) is 13.9 Å². The van der Waals surface area contributed by atoms with Gasteiger partial charge >= 0.3 is 0 Å². The number of carbonyl (C=O) groups excluding carboxylic acids is 2. The lowest BCUT2D eigenvalue weighted by Crippen LogP contribution is -2.54. The number of nitrogens with zero attached hydrogens (tertiary/aromatic N) is 2. The molecule has 7 nitrogen and oxygen atoms in total. The number of benzene rings is 3. The maximum Gasteiger partial charge on any atom is 0.264 e. The molecule has 0 unspecified atom stereocenters. The van der Waals surface area contributed by atoms with Crippen molar-refractivity contribution in [2.45, 2.75) is 50.7 Å². The maximum atomic E-state index is 14.9. The minimum atomic E-state index is -4.32. The second-order valence-corrected chi connectivity index (χ2v) is 12.6. The van der Waals surface area contributed by atoms with E-state index in [1.54, 1.807) is 37.3 Å². The first kappa shape index (κ1) is 29.3. The fourth-order valence-corrected chi connectivity index (χ4v) is 5.44. The van der Waals surface area contributed by atoms with Gasteiger partial charge in [-0.2, -0.15) is 0 Å². The fourth-order valence-electron chi connectivity index (χ4n) is 3.73. The van der Waals surface area contributed by atoms with E-state index in [2.05, 4.69) is 21.2 Å². The van der Waals surface area contributed by atoms with Gasteiger partial charge in [-0.15, -0.1) is 0 Å². The fraction of sp³-hybridized carbons (Fsp3) is 0.286. The number of carbonyl (C=O) groups is 2. The molecule has 1 N–H and O–H groups in total. The van der Waals surface area contributed by atoms with Gasteiger partial charge in [0.25, 0.3) is 10.0 Å². The van der Waals surface area contributed by atoms with Crippen molar-refractivity contribution < 1.29 is 22.4 Å². The molecule has 10 heteroatoms. The van der Waals surface area contributed by atoms with Crippen LogP contribution in [0.25, 0.3) is 0 Å². The number of nitrogens with one attached hydrogen (secondary N) is 1. The Labute approximate surface area is 231 Å². The van der Waals surface area contributed by atoms with Crippen LogP contribution in [0.4, 0.5) is 10.1 Å². The lowest BCUT2D eigenvalue weighted by Gasteiger charge is -2.33. The minimum absolute atomic E-state index is 0.0430. The average Bonchev–Trinajstić information content (AvgIpc) is 2.86. The predicted octanol–water partition coefficient (Wildman–Crippen LogP) is 5.12. The highest BCUT2D eigenvalue weighted by atomic mass is 79.9. The average molecular weight is 605 g/mol. The summed E-state index contributed by atoms with van der Waals surface area (Å²) in [4.78, 5) is 28.1. The van der Waals surface area contributed by atoms with Gasteiger partial charge in [-0.1, -0.05) is 58.4 Å². The van der Waals surface area contributed by atoms with Crippen LogP contribution in [0.3, 0.4) is 0 Å². The number of rotatable bonds is 9. The molecule has 3 rings (SSSR count). The lowest BCUT2D eigenvalue weighted by molar-refractivity contribution is -0.140. The maximum absolute atomic E-state index is 14.9. The van der Waals surface area contributed by atoms with Crippen molar-refractivity contribution >= 4 is 43.5 Å². The van der Waals surface area contributed by atoms with Gasteiger partial charge in [0.15, 0.2) is 0 Å². The van der Waals surface area contributed by atoms with E-state index in [-0.39, 0.29) is 17.1 Å². The van der Waals surface area contributed by atoms with Gasteiger partial charge < -0.3 is 10.2 Å². The van der Waals surface area contributed by atoms with E-state index in [9.17, 15) is 22.4 Å². The summed E-state index contributed by atoms with van der Waals surface area (Å²) in [5, 5.41) is 2.87. The summed E-state index contributed by atoms with van der Waals surface area (Å²) in [5.41, 5.74) is -0.0755. The number of hydrogen-bond acceptors (Lipinski definition) is 4. The third-order valence-electron chi connectivity index (χ3n) is 5.66. The third-order valence-corrected chi connectivity index (χ3v) is 7.97. The normalized spacial score (nSPS) is 12.5. The Bertz CT molecular complexity index is 1380. The van der Waals surface area contributed by atoms with Crippen LogP contribution in [0, 0.1) is 5.82 Å². The quantitative estimate of drug-likeness (QED) is 0.368. The molecule has 2 amide bonds. The van der Waals surface area contributed by atoms with E-state index < -0.39 is 45.8 Å². The predicted molar refractivity (Wildman–Crippen MR) is 149 cm³/mol. The Morgan fingerprint density at radius 1 is 0.947 bits per heavy atom. The monoisotopic (exact) mass is 603 g/mol. The van der Waals surface area contributed by atoms with Crippen LogP contribution in [0.2, 0.25) is 0 Å². The number of amides is 2. The van der Waals surface area contributed by atoms with E-state index in [0.29, 0.717) is 0 Å². The molecule has 0 radical (unpaired) electrons. The molecule has 0 saturated heterocycles. The molecule has 0 fully saturated rings. The van der Waals surface area contributed by atoms with Crippen LogP contribution in [0.5, 0.6) is 0 Å². The molecule has 202 valence electrons. The van der Waals surface area contributed by atoms with Gasteiger partial charge in [0, 0.05) is 16.6 Å². The molecular weight excluding hydrogens is 573 g/mol. The number of sulfonamides is 1. The van der Waals surface area contributed by atoms with Crippen molar-refractivity contribution in [2.75, 3.05) is 10.8 Å². The number of halogens is 2. The Hall–Kier alpha value is -3.24. The third kappa shape index (κ3) is 7.41. The summed E-state index contributed by atoms with van der Waals surface area (Å²) < 4.78 is 43.8. The van der Waals surface area contributed by atoms with E-state index >= 15 is 0 Å². The Kier molecular flexibility index (Phi) is 9.32. The molecule has 3 aromatic carbocycles. The van der Waals surface area contributed by atoms with E-state index in [1.165, 1.54) is 35.2 Å². The first-order valence-corrected chi connectivity index (χ1v) is 14.2. The Balaban J connectivity index is 2.03. The molecule has 0 saturated carbocycles. The molecule has 0 spiro atoms. The summed E-state index contributed by atoms with van der Waals surface area (Å²) in [5.74, 6) is -1.85. The van der Waals surface area contributed by atoms with E-state index in [0.717, 1.165) is 20.4 Å². The van der Waals surface area contributed by atoms with Crippen molar-refractivity contribution in [1.29, 1.82) is 0 Å². The molecular formula is C28H31BrFN3O4S. The van der Waals surface area contributed by atoms with Crippen LogP contribution in [-0.2, 0) is 26.2 Å². The zero-order chi connectivity index (χ0) is 28.1. The first-order chi connectivity index (χ1) is 17.8. The molecule has 3 aromatic rings. The zero-order valence-electron chi connectivity index (χ0n) is 21.7. The first-order valence-electron chi connectivity index (χ1n) is 12.0.